The summed E-state index contributed by atoms with van der Waals surface area (Å²) in [5.41, 5.74) is 0.502. The second-order valence-electron chi connectivity index (χ2n) is 6.12. The summed E-state index contributed by atoms with van der Waals surface area (Å²) in [4.78, 5) is 0. The van der Waals surface area contributed by atoms with Crippen molar-refractivity contribution < 1.29 is 0 Å². The zero-order valence-corrected chi connectivity index (χ0v) is 9.55. The molecule has 0 spiro atoms. The fraction of sp³-hybridized carbons (Fsp3) is 1.00. The molecule has 0 aromatic rings. The Hall–Kier alpha value is -0.0400. The monoisotopic (exact) mass is 193 g/mol. The van der Waals surface area contributed by atoms with E-state index < -0.39 is 0 Å². The van der Waals surface area contributed by atoms with Crippen LogP contribution in [-0.4, -0.2) is 12.1 Å². The number of rotatable bonds is 2. The molecule has 0 atom stereocenters. The number of hydrogen-bond donors (Lipinski definition) is 1. The van der Waals surface area contributed by atoms with Crippen molar-refractivity contribution in [3.8, 4) is 0 Å². The van der Waals surface area contributed by atoms with Gasteiger partial charge in [-0.05, 0) is 69.2 Å². The third-order valence-electron chi connectivity index (χ3n) is 5.39. The van der Waals surface area contributed by atoms with Gasteiger partial charge >= 0.3 is 0 Å². The fourth-order valence-electron chi connectivity index (χ4n) is 4.83. The molecule has 0 radical (unpaired) electrons. The van der Waals surface area contributed by atoms with Crippen LogP contribution in [0.15, 0.2) is 0 Å². The first kappa shape index (κ1) is 9.21. The molecular formula is C13H23N. The van der Waals surface area contributed by atoms with E-state index in [0.717, 1.165) is 30.2 Å². The molecule has 4 rings (SSSR count). The first-order valence-electron chi connectivity index (χ1n) is 6.47. The van der Waals surface area contributed by atoms with Gasteiger partial charge in [0, 0.05) is 5.54 Å². The summed E-state index contributed by atoms with van der Waals surface area (Å²) >= 11 is 0. The molecule has 1 N–H and O–H groups in total. The van der Waals surface area contributed by atoms with Crippen LogP contribution in [0.2, 0.25) is 0 Å². The van der Waals surface area contributed by atoms with Gasteiger partial charge in [-0.1, -0.05) is 6.92 Å². The van der Waals surface area contributed by atoms with Gasteiger partial charge in [0.2, 0.25) is 0 Å². The predicted molar refractivity (Wildman–Crippen MR) is 59.1 cm³/mol. The van der Waals surface area contributed by atoms with Crippen LogP contribution in [-0.2, 0) is 0 Å². The molecular weight excluding hydrogens is 170 g/mol. The molecule has 0 saturated heterocycles. The Bertz CT molecular complexity index is 205. The van der Waals surface area contributed by atoms with E-state index in [-0.39, 0.29) is 0 Å². The van der Waals surface area contributed by atoms with Crippen molar-refractivity contribution in [1.29, 1.82) is 0 Å². The van der Waals surface area contributed by atoms with Crippen molar-refractivity contribution in [2.45, 2.75) is 51.5 Å². The van der Waals surface area contributed by atoms with Crippen molar-refractivity contribution in [3.63, 3.8) is 0 Å². The van der Waals surface area contributed by atoms with Gasteiger partial charge in [0.1, 0.15) is 0 Å². The highest BCUT2D eigenvalue weighted by Crippen LogP contribution is 2.57. The molecule has 0 aliphatic heterocycles. The molecule has 4 bridgehead atoms. The maximum Gasteiger partial charge on any atom is 0.0209 e. The molecule has 80 valence electrons. The Kier molecular flexibility index (Phi) is 1.96. The Morgan fingerprint density at radius 2 is 1.50 bits per heavy atom. The van der Waals surface area contributed by atoms with Crippen LogP contribution in [0.3, 0.4) is 0 Å². The minimum Gasteiger partial charge on any atom is -0.311 e. The second-order valence-corrected chi connectivity index (χ2v) is 6.12. The van der Waals surface area contributed by atoms with Crippen LogP contribution >= 0.6 is 0 Å². The summed E-state index contributed by atoms with van der Waals surface area (Å²) in [6.45, 7) is 5.92. The quantitative estimate of drug-likeness (QED) is 0.711. The van der Waals surface area contributed by atoms with E-state index in [2.05, 4.69) is 19.2 Å². The highest BCUT2D eigenvalue weighted by atomic mass is 15.0. The standard InChI is InChI=1S/C13H23N/c1-3-14-13(2)11-5-9-4-10(7-11)8-12(13)6-9/h9-12,14H,3-8H2,1-2H3. The summed E-state index contributed by atoms with van der Waals surface area (Å²) < 4.78 is 0. The first-order valence-corrected chi connectivity index (χ1v) is 6.47. The van der Waals surface area contributed by atoms with Gasteiger partial charge in [-0.3, -0.25) is 0 Å². The van der Waals surface area contributed by atoms with Crippen molar-refractivity contribution in [2.75, 3.05) is 6.54 Å². The lowest BCUT2D eigenvalue weighted by atomic mass is 9.49. The Morgan fingerprint density at radius 3 is 1.93 bits per heavy atom. The minimum absolute atomic E-state index is 0.502. The van der Waals surface area contributed by atoms with Gasteiger partial charge in [0.15, 0.2) is 0 Å². The average molecular weight is 193 g/mol. The van der Waals surface area contributed by atoms with Gasteiger partial charge in [0.25, 0.3) is 0 Å². The topological polar surface area (TPSA) is 12.0 Å². The van der Waals surface area contributed by atoms with E-state index in [0.29, 0.717) is 5.54 Å². The minimum atomic E-state index is 0.502. The van der Waals surface area contributed by atoms with Crippen LogP contribution in [0.4, 0.5) is 0 Å². The van der Waals surface area contributed by atoms with Crippen LogP contribution < -0.4 is 5.32 Å². The van der Waals surface area contributed by atoms with E-state index in [9.17, 15) is 0 Å². The molecule has 4 aliphatic carbocycles. The van der Waals surface area contributed by atoms with Gasteiger partial charge < -0.3 is 5.32 Å². The number of nitrogens with one attached hydrogen (secondary N) is 1. The van der Waals surface area contributed by atoms with Crippen LogP contribution in [0.25, 0.3) is 0 Å². The van der Waals surface area contributed by atoms with Gasteiger partial charge in [-0.2, -0.15) is 0 Å². The smallest absolute Gasteiger partial charge is 0.0209 e. The lowest BCUT2D eigenvalue weighted by Crippen LogP contribution is -2.63. The van der Waals surface area contributed by atoms with Gasteiger partial charge in [0.05, 0.1) is 0 Å². The highest BCUT2D eigenvalue weighted by Gasteiger charge is 2.54. The Balaban J connectivity index is 1.87. The molecule has 0 aromatic carbocycles. The zero-order chi connectivity index (χ0) is 9.76. The normalized spacial score (nSPS) is 55.3. The zero-order valence-electron chi connectivity index (χ0n) is 9.55. The third kappa shape index (κ3) is 1.11. The summed E-state index contributed by atoms with van der Waals surface area (Å²) in [5.74, 6) is 4.20. The molecule has 4 aliphatic rings. The largest absolute Gasteiger partial charge is 0.311 e. The molecule has 0 heterocycles. The van der Waals surface area contributed by atoms with Gasteiger partial charge in [-0.15, -0.1) is 0 Å². The fourth-order valence-corrected chi connectivity index (χ4v) is 4.83. The summed E-state index contributed by atoms with van der Waals surface area (Å²) in [5, 5.41) is 3.80. The van der Waals surface area contributed by atoms with Crippen LogP contribution in [0.1, 0.15) is 46.0 Å². The molecule has 0 amide bonds. The summed E-state index contributed by atoms with van der Waals surface area (Å²) in [7, 11) is 0. The maximum atomic E-state index is 3.80. The van der Waals surface area contributed by atoms with Crippen molar-refractivity contribution in [2.24, 2.45) is 23.7 Å². The molecule has 1 nitrogen and oxygen atoms in total. The average Bonchev–Trinajstić information content (AvgIpc) is 2.14. The lowest BCUT2D eigenvalue weighted by Gasteiger charge is -2.60. The SMILES string of the molecule is CCNC1(C)C2CC3CC(C2)CC1C3. The molecule has 1 heteroatoms. The highest BCUT2D eigenvalue weighted by molar-refractivity contribution is 5.08. The van der Waals surface area contributed by atoms with Crippen molar-refractivity contribution in [3.05, 3.63) is 0 Å². The first-order chi connectivity index (χ1) is 6.72. The van der Waals surface area contributed by atoms with E-state index in [1.54, 1.807) is 6.42 Å². The molecule has 0 unspecified atom stereocenters. The molecule has 4 saturated carbocycles. The van der Waals surface area contributed by atoms with Crippen molar-refractivity contribution in [1.82, 2.24) is 5.32 Å². The lowest BCUT2D eigenvalue weighted by molar-refractivity contribution is -0.0639. The van der Waals surface area contributed by atoms with Crippen LogP contribution in [0.5, 0.6) is 0 Å². The van der Waals surface area contributed by atoms with E-state index >= 15 is 0 Å². The summed E-state index contributed by atoms with van der Waals surface area (Å²) in [6, 6.07) is 0. The van der Waals surface area contributed by atoms with Crippen molar-refractivity contribution >= 4 is 0 Å². The van der Waals surface area contributed by atoms with E-state index in [4.69, 9.17) is 0 Å². The predicted octanol–water partition coefficient (Wildman–Crippen LogP) is 2.81. The van der Waals surface area contributed by atoms with Gasteiger partial charge in [-0.25, -0.2) is 0 Å². The molecule has 4 fully saturated rings. The maximum absolute atomic E-state index is 3.80. The van der Waals surface area contributed by atoms with E-state index in [1.165, 1.54) is 25.7 Å². The Labute approximate surface area is 87.7 Å². The summed E-state index contributed by atoms with van der Waals surface area (Å²) in [6.07, 6.45) is 7.66. The van der Waals surface area contributed by atoms with E-state index in [1.807, 2.05) is 0 Å². The second kappa shape index (κ2) is 2.98. The van der Waals surface area contributed by atoms with Crippen LogP contribution in [0, 0.1) is 23.7 Å². The Morgan fingerprint density at radius 1 is 1.00 bits per heavy atom. The molecule has 0 aromatic heterocycles. The third-order valence-corrected chi connectivity index (χ3v) is 5.39. The number of hydrogen-bond acceptors (Lipinski definition) is 1. The molecule has 14 heavy (non-hydrogen) atoms.